The Morgan fingerprint density at radius 3 is 1.38 bits per heavy atom. The smallest absolute Gasteiger partial charge is 0.275 e. The summed E-state index contributed by atoms with van der Waals surface area (Å²) in [6, 6.07) is 38.7. The number of hydrogen-bond acceptors (Lipinski definition) is 21. The van der Waals surface area contributed by atoms with Crippen molar-refractivity contribution >= 4 is 135 Å². The number of methoxy groups -OCH3 is 1. The van der Waals surface area contributed by atoms with Gasteiger partial charge in [-0.1, -0.05) is 99.7 Å². The van der Waals surface area contributed by atoms with Crippen molar-refractivity contribution in [2.24, 2.45) is 22.7 Å². The number of hydrogen-bond donors (Lipinski definition) is 4. The zero-order chi connectivity index (χ0) is 83.7. The number of nitro groups is 2. The van der Waals surface area contributed by atoms with Crippen LogP contribution in [0.5, 0.6) is 23.0 Å². The molecule has 4 aliphatic heterocycles. The Morgan fingerprint density at radius 1 is 0.563 bits per heavy atom. The second kappa shape index (κ2) is 35.5. The molecule has 119 heavy (non-hydrogen) atoms. The number of H-pyrrole nitrogens is 2. The van der Waals surface area contributed by atoms with Crippen LogP contribution in [0.15, 0.2) is 189 Å². The van der Waals surface area contributed by atoms with Gasteiger partial charge in [0.2, 0.25) is 0 Å². The number of nitro benzene ring substituents is 2. The summed E-state index contributed by atoms with van der Waals surface area (Å²) in [5.74, 6) is 0.787. The molecule has 31 heteroatoms. The molecule has 16 rings (SSSR count). The molecule has 8 heterocycles. The molecule has 622 valence electrons. The van der Waals surface area contributed by atoms with Gasteiger partial charge in [0.1, 0.15) is 34.3 Å². The minimum atomic E-state index is -4.55. The number of halogens is 2. The lowest BCUT2D eigenvalue weighted by atomic mass is 9.72. The Balaban J connectivity index is 0.000000186. The van der Waals surface area contributed by atoms with Crippen LogP contribution >= 0.6 is 46.7 Å². The van der Waals surface area contributed by atoms with Gasteiger partial charge in [-0.05, 0) is 181 Å². The second-order valence-corrected chi connectivity index (χ2v) is 39.3. The molecule has 6 aliphatic rings. The maximum Gasteiger partial charge on any atom is 0.275 e. The Bertz CT molecular complexity index is 5860. The molecule has 25 nitrogen and oxygen atoms in total. The summed E-state index contributed by atoms with van der Waals surface area (Å²) in [6.07, 6.45) is 14.7. The normalized spacial score (nSPS) is 18.4. The van der Waals surface area contributed by atoms with E-state index in [1.807, 2.05) is 43.3 Å². The van der Waals surface area contributed by atoms with E-state index in [4.69, 9.17) is 37.4 Å². The summed E-state index contributed by atoms with van der Waals surface area (Å²) in [5.41, 5.74) is 12.0. The average molecular weight is 1730 g/mol. The average Bonchev–Trinajstić information content (AvgIpc) is 1.53. The molecule has 2 fully saturated rings. The number of pyridine rings is 2. The lowest BCUT2D eigenvalue weighted by Gasteiger charge is -2.39. The van der Waals surface area contributed by atoms with Gasteiger partial charge >= 0.3 is 0 Å². The van der Waals surface area contributed by atoms with Crippen molar-refractivity contribution in [2.45, 2.75) is 112 Å². The van der Waals surface area contributed by atoms with Crippen molar-refractivity contribution in [3.8, 4) is 23.0 Å². The number of amides is 2. The number of nitrogens with zero attached hydrogens (tertiary/aromatic N) is 8. The van der Waals surface area contributed by atoms with Crippen LogP contribution in [0.4, 0.5) is 22.7 Å². The first-order valence-electron chi connectivity index (χ1n) is 39.9. The molecule has 2 amide bonds. The fourth-order valence-electron chi connectivity index (χ4n) is 16.7. The number of sulfonamides is 2. The van der Waals surface area contributed by atoms with E-state index >= 15 is 0 Å². The maximum absolute atomic E-state index is 14.0. The number of piperazine rings is 2. The standard InChI is InChI=1S/C44H47ClN6O7S2.C44H47ClN6O6S2/c1-44(2)12-10-31(38(23-44)29-4-6-32(45)7-5-29)25-49-14-16-50(17-15-49)33-8-9-36(40(20-33)58-34-19-30-11-13-46-42(30)47-24-34)43(52)48-60(55,56)35-21-39(51(53)54)37-18-28(26-57-3)27-59-41(37)22-35;1-4-28-19-37-39(51(53)54)22-35(23-41(37)58-27-28)59(55,56)48-43(52)36-10-9-33(21-40(36)57-34-20-30-12-14-46-42(30)47-25-34)50-17-15-49(16-18-50)26-31-11-13-44(2,3)24-38(31)29-5-7-32(45)8-6-29/h4-9,11,13,19-22,24,28H,10,12,14-18,23,25-27H2,1-3H3,(H,46,47)(H,48,52);5-10,12,14,20-23,25,28H,4,11,13,15-19,24,26-27H2,1-3H3,(H,46,47)(H,48,52)/t2*28-/m10/s1. The van der Waals surface area contributed by atoms with Crippen molar-refractivity contribution in [3.63, 3.8) is 0 Å². The van der Waals surface area contributed by atoms with Gasteiger partial charge in [-0.2, -0.15) is 0 Å². The van der Waals surface area contributed by atoms with Crippen LogP contribution in [-0.4, -0.2) is 159 Å². The SMILES string of the molecule is CC[C@@H]1CSc2cc(S(=O)(=O)NC(=O)c3ccc(N4CCN(CC5=C(c6ccc(Cl)cc6)CC(C)(C)CC5)CC4)cc3Oc3cnc4[nH]ccc4c3)cc([N+](=O)[O-])c2C1.COC[C@@H]1CSc2cc(S(=O)(=O)NC(=O)c3ccc(N4CCN(CC5=C(c6ccc(Cl)cc6)CC(C)(C)CC5)CC4)cc3Oc3cnc4[nH]ccc4c3)cc([N+](=O)[O-])c2C1. The molecular formula is C88H94Cl2N12O13S4. The molecule has 2 aliphatic carbocycles. The van der Waals surface area contributed by atoms with E-state index in [0.717, 1.165) is 160 Å². The summed E-state index contributed by atoms with van der Waals surface area (Å²) < 4.78 is 77.4. The first-order chi connectivity index (χ1) is 57.0. The molecule has 2 atom stereocenters. The van der Waals surface area contributed by atoms with Crippen LogP contribution in [0.2, 0.25) is 10.0 Å². The van der Waals surface area contributed by atoms with Gasteiger partial charge in [0, 0.05) is 174 Å². The molecule has 4 aromatic heterocycles. The van der Waals surface area contributed by atoms with E-state index in [1.54, 1.807) is 68.0 Å². The summed E-state index contributed by atoms with van der Waals surface area (Å²) >= 11 is 15.2. The molecule has 0 saturated carbocycles. The molecule has 2 saturated heterocycles. The first kappa shape index (κ1) is 84.2. The van der Waals surface area contributed by atoms with Crippen LogP contribution in [0, 0.1) is 42.9 Å². The summed E-state index contributed by atoms with van der Waals surface area (Å²) in [6.45, 7) is 19.8. The predicted octanol–water partition coefficient (Wildman–Crippen LogP) is 18.2. The quantitative estimate of drug-likeness (QED) is 0.0341. The molecular weight excluding hydrogens is 1630 g/mol. The minimum absolute atomic E-state index is 0.0142. The third-order valence-corrected chi connectivity index (χ3v) is 29.1. The number of fused-ring (bicyclic) bond motifs is 4. The highest BCUT2D eigenvalue weighted by molar-refractivity contribution is 7.99. The van der Waals surface area contributed by atoms with E-state index < -0.39 is 41.7 Å². The lowest BCUT2D eigenvalue weighted by molar-refractivity contribution is -0.386. The van der Waals surface area contributed by atoms with E-state index in [2.05, 4.69) is 101 Å². The number of nitrogens with one attached hydrogen (secondary N) is 4. The lowest BCUT2D eigenvalue weighted by Crippen LogP contribution is -2.47. The van der Waals surface area contributed by atoms with Gasteiger partial charge in [-0.3, -0.25) is 39.6 Å². The third kappa shape index (κ3) is 19.6. The van der Waals surface area contributed by atoms with Gasteiger partial charge in [-0.15, -0.1) is 23.5 Å². The molecule has 0 spiro atoms. The molecule has 0 bridgehead atoms. The highest BCUT2D eigenvalue weighted by atomic mass is 35.5. The van der Waals surface area contributed by atoms with Gasteiger partial charge in [-0.25, -0.2) is 36.2 Å². The van der Waals surface area contributed by atoms with Crippen molar-refractivity contribution < 1.29 is 50.5 Å². The zero-order valence-electron chi connectivity index (χ0n) is 67.0. The monoisotopic (exact) mass is 1720 g/mol. The second-order valence-electron chi connectivity index (χ2n) is 33.0. The van der Waals surface area contributed by atoms with Crippen LogP contribution in [0.1, 0.15) is 123 Å². The minimum Gasteiger partial charge on any atom is -0.455 e. The number of anilines is 2. The summed E-state index contributed by atoms with van der Waals surface area (Å²) in [7, 11) is -7.50. The van der Waals surface area contributed by atoms with Gasteiger partial charge in [0.25, 0.3) is 43.2 Å². The van der Waals surface area contributed by atoms with Crippen molar-refractivity contribution in [1.82, 2.24) is 39.2 Å². The molecule has 4 N–H and O–H groups in total. The fraction of sp³-hybridized carbons (Fsp3) is 0.364. The number of carbonyl (C=O) groups excluding carboxylic acids is 2. The number of aromatic nitrogens is 4. The number of benzene rings is 6. The first-order valence-corrected chi connectivity index (χ1v) is 45.6. The van der Waals surface area contributed by atoms with Gasteiger partial charge < -0.3 is 34.0 Å². The number of rotatable bonds is 23. The predicted molar refractivity (Wildman–Crippen MR) is 468 cm³/mol. The van der Waals surface area contributed by atoms with Crippen molar-refractivity contribution in [3.05, 3.63) is 233 Å². The Hall–Kier alpha value is -9.82. The molecule has 0 radical (unpaired) electrons. The number of thioether (sulfide) groups is 2. The molecule has 0 unspecified atom stereocenters. The zero-order valence-corrected chi connectivity index (χ0v) is 71.8. The Labute approximate surface area is 710 Å². The van der Waals surface area contributed by atoms with Crippen molar-refractivity contribution in [2.75, 3.05) is 100 Å². The van der Waals surface area contributed by atoms with Gasteiger partial charge in [0.05, 0.1) is 49.8 Å². The van der Waals surface area contributed by atoms with E-state index in [0.29, 0.717) is 68.9 Å². The van der Waals surface area contributed by atoms with E-state index in [-0.39, 0.29) is 66.5 Å². The van der Waals surface area contributed by atoms with E-state index in [1.165, 1.54) is 81.5 Å². The van der Waals surface area contributed by atoms with Crippen LogP contribution in [0.3, 0.4) is 0 Å². The third-order valence-electron chi connectivity index (χ3n) is 23.4. The molecule has 6 aromatic carbocycles. The maximum atomic E-state index is 14.0. The summed E-state index contributed by atoms with van der Waals surface area (Å²) in [4.78, 5) is 75.8. The highest BCUT2D eigenvalue weighted by Gasteiger charge is 2.37. The van der Waals surface area contributed by atoms with E-state index in [9.17, 15) is 46.7 Å². The van der Waals surface area contributed by atoms with Crippen molar-refractivity contribution in [1.29, 1.82) is 0 Å². The summed E-state index contributed by atoms with van der Waals surface area (Å²) in [5, 5.41) is 27.3. The number of aromatic amines is 2. The Morgan fingerprint density at radius 2 is 0.975 bits per heavy atom. The van der Waals surface area contributed by atoms with Crippen LogP contribution < -0.4 is 28.7 Å². The number of allylic oxidation sites excluding steroid dienone is 2. The topological polar surface area (TPSA) is 311 Å². The Kier molecular flexibility index (Phi) is 25.1. The molecule has 10 aromatic rings. The largest absolute Gasteiger partial charge is 0.455 e. The fourth-order valence-corrected chi connectivity index (χ4v) is 21.6. The van der Waals surface area contributed by atoms with Crippen LogP contribution in [-0.2, 0) is 37.6 Å². The number of ether oxygens (including phenoxy) is 3. The van der Waals surface area contributed by atoms with Gasteiger partial charge in [0.15, 0.2) is 0 Å². The van der Waals surface area contributed by atoms with Crippen LogP contribution in [0.25, 0.3) is 33.2 Å². The highest BCUT2D eigenvalue weighted by Crippen LogP contribution is 2.48. The number of carbonyl (C=O) groups is 2.